The Kier molecular flexibility index (Phi) is 12.3. The second-order valence-corrected chi connectivity index (χ2v) is 25.5. The minimum absolute atomic E-state index is 0.128. The normalized spacial score (nSPS) is 18.6. The summed E-state index contributed by atoms with van der Waals surface area (Å²) in [4.78, 5) is 0. The maximum absolute atomic E-state index is 2.53. The Bertz CT molecular complexity index is 389. The molecule has 4 atom stereocenters. The van der Waals surface area contributed by atoms with E-state index in [1.165, 1.54) is 37.0 Å². The van der Waals surface area contributed by atoms with E-state index in [1.54, 1.807) is 0 Å². The summed E-state index contributed by atoms with van der Waals surface area (Å²) in [7, 11) is 0.548. The first-order chi connectivity index (χ1) is 12.3. The van der Waals surface area contributed by atoms with Crippen molar-refractivity contribution in [3.8, 4) is 0 Å². The molecule has 0 radical (unpaired) electrons. The highest BCUT2D eigenvalue weighted by atomic mass is 31.1. The second kappa shape index (κ2) is 11.5. The van der Waals surface area contributed by atoms with Crippen molar-refractivity contribution in [1.29, 1.82) is 0 Å². The van der Waals surface area contributed by atoms with Crippen LogP contribution in [-0.2, 0) is 0 Å². The molecule has 4 unspecified atom stereocenters. The average Bonchev–Trinajstić information content (AvgIpc) is 2.44. The van der Waals surface area contributed by atoms with Crippen LogP contribution in [0.3, 0.4) is 0 Å². The molecule has 0 aromatic heterocycles. The quantitative estimate of drug-likeness (QED) is 0.297. The van der Waals surface area contributed by atoms with Gasteiger partial charge >= 0.3 is 0 Å². The molecule has 0 heterocycles. The third kappa shape index (κ3) is 11.9. The fourth-order valence-corrected chi connectivity index (χ4v) is 13.8. The fraction of sp³-hybridized carbons (Fsp3) is 1.00. The zero-order valence-corrected chi connectivity index (χ0v) is 25.6. The van der Waals surface area contributed by atoms with Gasteiger partial charge < -0.3 is 0 Å². The summed E-state index contributed by atoms with van der Waals surface area (Å²) < 4.78 is 0. The molecular weight excluding hydrogens is 412 g/mol. The molecule has 0 bridgehead atoms. The van der Waals surface area contributed by atoms with Gasteiger partial charge in [0.15, 0.2) is 0 Å². The molecule has 0 nitrogen and oxygen atoms in total. The smallest absolute Gasteiger partial charge is 0.0179 e. The predicted molar refractivity (Wildman–Crippen MR) is 148 cm³/mol. The van der Waals surface area contributed by atoms with Crippen molar-refractivity contribution in [2.45, 2.75) is 104 Å². The van der Waals surface area contributed by atoms with Crippen molar-refractivity contribution in [3.63, 3.8) is 0 Å². The Morgan fingerprint density at radius 2 is 0.571 bits per heavy atom. The van der Waals surface area contributed by atoms with Gasteiger partial charge in [0.2, 0.25) is 0 Å². The molecule has 0 aromatic carbocycles. The van der Waals surface area contributed by atoms with Crippen LogP contribution < -0.4 is 0 Å². The van der Waals surface area contributed by atoms with Crippen molar-refractivity contribution in [1.82, 2.24) is 0 Å². The van der Waals surface area contributed by atoms with Crippen molar-refractivity contribution in [2.75, 3.05) is 50.3 Å². The van der Waals surface area contributed by atoms with E-state index in [-0.39, 0.29) is 31.7 Å². The Morgan fingerprint density at radius 1 is 0.357 bits per heavy atom. The molecule has 4 heteroatoms. The van der Waals surface area contributed by atoms with Crippen LogP contribution in [-0.4, -0.2) is 70.9 Å². The van der Waals surface area contributed by atoms with E-state index in [2.05, 4.69) is 96.4 Å². The van der Waals surface area contributed by atoms with Gasteiger partial charge in [-0.15, -0.1) is 31.7 Å². The lowest BCUT2D eigenvalue weighted by molar-refractivity contribution is 0.769. The summed E-state index contributed by atoms with van der Waals surface area (Å²) in [6.07, 6.45) is 8.94. The van der Waals surface area contributed by atoms with Crippen molar-refractivity contribution >= 4 is 31.7 Å². The molecule has 0 spiro atoms. The third-order valence-corrected chi connectivity index (χ3v) is 20.5. The van der Waals surface area contributed by atoms with Gasteiger partial charge in [0.1, 0.15) is 0 Å². The molecule has 0 amide bonds. The Hall–Kier alpha value is 1.72. The molecule has 0 aliphatic rings. The highest BCUT2D eigenvalue weighted by Gasteiger charge is 2.31. The predicted octanol–water partition coefficient (Wildman–Crippen LogP) is 9.37. The number of hydrogen-bond acceptors (Lipinski definition) is 0. The highest BCUT2D eigenvalue weighted by Crippen LogP contribution is 2.59. The second-order valence-electron chi connectivity index (χ2n) is 12.5. The van der Waals surface area contributed by atoms with Gasteiger partial charge in [-0.1, -0.05) is 83.1 Å². The molecule has 0 fully saturated rings. The lowest BCUT2D eigenvalue weighted by Gasteiger charge is -2.39. The maximum Gasteiger partial charge on any atom is -0.0179 e. The molecule has 0 aliphatic heterocycles. The van der Waals surface area contributed by atoms with E-state index in [9.17, 15) is 0 Å². The summed E-state index contributed by atoms with van der Waals surface area (Å²) in [5, 5.41) is 2.03. The zero-order valence-electron chi connectivity index (χ0n) is 22.0. The van der Waals surface area contributed by atoms with E-state index >= 15 is 0 Å². The van der Waals surface area contributed by atoms with Gasteiger partial charge in [-0.3, -0.25) is 0 Å². The average molecular weight is 467 g/mol. The highest BCUT2D eigenvalue weighted by molar-refractivity contribution is 7.65. The van der Waals surface area contributed by atoms with Crippen molar-refractivity contribution in [3.05, 3.63) is 0 Å². The summed E-state index contributed by atoms with van der Waals surface area (Å²) in [5.74, 6) is 0. The van der Waals surface area contributed by atoms with Crippen LogP contribution in [0.2, 0.25) is 0 Å². The first-order valence-corrected chi connectivity index (χ1v) is 18.6. The van der Waals surface area contributed by atoms with E-state index < -0.39 is 0 Å². The molecule has 0 saturated heterocycles. The summed E-state index contributed by atoms with van der Waals surface area (Å²) >= 11 is 0. The van der Waals surface area contributed by atoms with Gasteiger partial charge in [-0.05, 0) is 70.9 Å². The lowest BCUT2D eigenvalue weighted by atomic mass is 10.3. The van der Waals surface area contributed by atoms with Crippen LogP contribution in [0.4, 0.5) is 0 Å². The molecule has 0 aliphatic carbocycles. The third-order valence-electron chi connectivity index (χ3n) is 6.24. The van der Waals surface area contributed by atoms with Crippen LogP contribution >= 0.6 is 31.7 Å². The minimum atomic E-state index is 0.128. The molecule has 0 saturated carbocycles. The molecule has 0 N–H and O–H groups in total. The standard InChI is InChI=1S/C24H54P4/c1-21(2,3)25(13)15-17-27(23(7,8)9)19-20-28(24(10,11)12)18-16-26(14)22(4,5)6/h15-20H2,1-14H3. The van der Waals surface area contributed by atoms with Crippen molar-refractivity contribution in [2.24, 2.45) is 0 Å². The SMILES string of the molecule is CP(CCP(CCP(CCP(C)C(C)(C)C)C(C)(C)C)C(C)(C)C)C(C)(C)C. The molecule has 28 heavy (non-hydrogen) atoms. The number of hydrogen-bond donors (Lipinski definition) is 0. The monoisotopic (exact) mass is 466 g/mol. The van der Waals surface area contributed by atoms with Gasteiger partial charge in [-0.2, -0.15) is 0 Å². The van der Waals surface area contributed by atoms with Crippen LogP contribution in [0.25, 0.3) is 0 Å². The molecule has 0 rings (SSSR count). The zero-order chi connectivity index (χ0) is 22.6. The maximum atomic E-state index is 2.53. The van der Waals surface area contributed by atoms with Gasteiger partial charge in [0.25, 0.3) is 0 Å². The van der Waals surface area contributed by atoms with E-state index in [0.717, 1.165) is 0 Å². The molecule has 0 aromatic rings. The van der Waals surface area contributed by atoms with Crippen LogP contribution in [0, 0.1) is 0 Å². The first kappa shape index (κ1) is 29.7. The first-order valence-electron chi connectivity index (χ1n) is 11.2. The minimum Gasteiger partial charge on any atom is -0.104 e. The van der Waals surface area contributed by atoms with Crippen molar-refractivity contribution < 1.29 is 0 Å². The van der Waals surface area contributed by atoms with E-state index in [1.807, 2.05) is 0 Å². The van der Waals surface area contributed by atoms with Gasteiger partial charge in [0.05, 0.1) is 0 Å². The summed E-state index contributed by atoms with van der Waals surface area (Å²) in [5.41, 5.74) is 0. The fourth-order valence-electron chi connectivity index (χ4n) is 3.02. The van der Waals surface area contributed by atoms with E-state index in [4.69, 9.17) is 0 Å². The van der Waals surface area contributed by atoms with Gasteiger partial charge in [-0.25, -0.2) is 0 Å². The molecular formula is C24H54P4. The van der Waals surface area contributed by atoms with E-state index in [0.29, 0.717) is 20.6 Å². The van der Waals surface area contributed by atoms with Gasteiger partial charge in [0, 0.05) is 0 Å². The van der Waals surface area contributed by atoms with Crippen LogP contribution in [0.1, 0.15) is 83.1 Å². The Balaban J connectivity index is 4.99. The Labute approximate surface area is 185 Å². The lowest BCUT2D eigenvalue weighted by Crippen LogP contribution is -2.23. The summed E-state index contributed by atoms with van der Waals surface area (Å²) in [6.45, 7) is 34.8. The van der Waals surface area contributed by atoms with Crippen LogP contribution in [0.15, 0.2) is 0 Å². The topological polar surface area (TPSA) is 0 Å². The Morgan fingerprint density at radius 3 is 0.750 bits per heavy atom. The van der Waals surface area contributed by atoms with Crippen LogP contribution in [0.5, 0.6) is 0 Å². The largest absolute Gasteiger partial charge is 0.104 e. The summed E-state index contributed by atoms with van der Waals surface area (Å²) in [6, 6.07) is 0. The molecule has 170 valence electrons. The number of rotatable bonds is 9.